The second-order valence-electron chi connectivity index (χ2n) is 7.18. The van der Waals surface area contributed by atoms with Gasteiger partial charge in [0.2, 0.25) is 0 Å². The number of benzene rings is 2. The molecule has 1 aliphatic carbocycles. The van der Waals surface area contributed by atoms with Crippen LogP contribution < -0.4 is 5.32 Å². The number of hydrogen-bond acceptors (Lipinski definition) is 4. The summed E-state index contributed by atoms with van der Waals surface area (Å²) in [6.07, 6.45) is 0.866. The molecule has 9 heteroatoms. The number of fused-ring (bicyclic) bond motifs is 1. The van der Waals surface area contributed by atoms with E-state index in [2.05, 4.69) is 10.4 Å². The SMILES string of the molecule is CC(OC(=O)c1nn(-c2ccc(F)cc2)c2c1CCC2)C(=O)Nc1cc(F)ccc1F. The summed E-state index contributed by atoms with van der Waals surface area (Å²) in [6.45, 7) is 1.32. The quantitative estimate of drug-likeness (QED) is 0.623. The Labute approximate surface area is 175 Å². The fraction of sp³-hybridized carbons (Fsp3) is 0.227. The molecule has 0 saturated heterocycles. The van der Waals surface area contributed by atoms with Crippen molar-refractivity contribution in [3.05, 3.63) is 76.9 Å². The number of carbonyl (C=O) groups excluding carboxylic acids is 2. The fourth-order valence-electron chi connectivity index (χ4n) is 3.49. The minimum atomic E-state index is -1.27. The van der Waals surface area contributed by atoms with Gasteiger partial charge in [0, 0.05) is 17.3 Å². The van der Waals surface area contributed by atoms with Gasteiger partial charge in [0.1, 0.15) is 17.5 Å². The fourth-order valence-corrected chi connectivity index (χ4v) is 3.49. The van der Waals surface area contributed by atoms with Gasteiger partial charge >= 0.3 is 5.97 Å². The third-order valence-electron chi connectivity index (χ3n) is 5.03. The third kappa shape index (κ3) is 4.16. The number of rotatable bonds is 5. The first-order chi connectivity index (χ1) is 14.8. The number of ether oxygens (including phenoxy) is 1. The molecule has 6 nitrogen and oxygen atoms in total. The summed E-state index contributed by atoms with van der Waals surface area (Å²) in [4.78, 5) is 25.0. The van der Waals surface area contributed by atoms with Crippen molar-refractivity contribution in [2.75, 3.05) is 5.32 Å². The van der Waals surface area contributed by atoms with E-state index in [9.17, 15) is 22.8 Å². The molecule has 0 spiro atoms. The number of nitrogens with one attached hydrogen (secondary N) is 1. The molecule has 1 aliphatic rings. The lowest BCUT2D eigenvalue weighted by Gasteiger charge is -2.13. The summed E-state index contributed by atoms with van der Waals surface area (Å²) in [5.41, 5.74) is 1.88. The normalized spacial score (nSPS) is 13.5. The maximum Gasteiger partial charge on any atom is 0.359 e. The molecule has 160 valence electrons. The van der Waals surface area contributed by atoms with E-state index in [1.807, 2.05) is 0 Å². The first-order valence-corrected chi connectivity index (χ1v) is 9.67. The van der Waals surface area contributed by atoms with Crippen molar-refractivity contribution in [1.29, 1.82) is 0 Å². The zero-order chi connectivity index (χ0) is 22.1. The minimum absolute atomic E-state index is 0.0772. The molecular weight excluding hydrogens is 411 g/mol. The molecule has 31 heavy (non-hydrogen) atoms. The lowest BCUT2D eigenvalue weighted by Crippen LogP contribution is -2.30. The molecule has 4 rings (SSSR count). The van der Waals surface area contributed by atoms with Gasteiger partial charge in [-0.05, 0) is 62.6 Å². The van der Waals surface area contributed by atoms with E-state index in [1.165, 1.54) is 19.1 Å². The molecule has 1 unspecified atom stereocenters. The summed E-state index contributed by atoms with van der Waals surface area (Å²) in [6, 6.07) is 8.35. The van der Waals surface area contributed by atoms with Crippen LogP contribution in [0.3, 0.4) is 0 Å². The molecule has 1 atom stereocenters. The molecule has 0 saturated carbocycles. The third-order valence-corrected chi connectivity index (χ3v) is 5.03. The van der Waals surface area contributed by atoms with Crippen LogP contribution >= 0.6 is 0 Å². The van der Waals surface area contributed by atoms with Crippen molar-refractivity contribution < 1.29 is 27.5 Å². The van der Waals surface area contributed by atoms with Crippen LogP contribution in [0.15, 0.2) is 42.5 Å². The lowest BCUT2D eigenvalue weighted by atomic mass is 10.2. The molecule has 1 aromatic heterocycles. The van der Waals surface area contributed by atoms with Crippen LogP contribution in [0.25, 0.3) is 5.69 Å². The summed E-state index contributed by atoms with van der Waals surface area (Å²) >= 11 is 0. The Morgan fingerprint density at radius 1 is 1.06 bits per heavy atom. The minimum Gasteiger partial charge on any atom is -0.448 e. The van der Waals surface area contributed by atoms with E-state index in [1.54, 1.807) is 16.8 Å². The highest BCUT2D eigenvalue weighted by Crippen LogP contribution is 2.28. The average Bonchev–Trinajstić information content (AvgIpc) is 3.34. The molecule has 0 radical (unpaired) electrons. The second-order valence-corrected chi connectivity index (χ2v) is 7.18. The number of anilines is 1. The zero-order valence-electron chi connectivity index (χ0n) is 16.5. The number of carbonyl (C=O) groups is 2. The predicted molar refractivity (Wildman–Crippen MR) is 105 cm³/mol. The predicted octanol–water partition coefficient (Wildman–Crippen LogP) is 3.96. The van der Waals surface area contributed by atoms with Crippen molar-refractivity contribution >= 4 is 17.6 Å². The van der Waals surface area contributed by atoms with Crippen LogP contribution in [0.1, 0.15) is 35.1 Å². The van der Waals surface area contributed by atoms with Gasteiger partial charge in [0.15, 0.2) is 11.8 Å². The Morgan fingerprint density at radius 3 is 2.52 bits per heavy atom. The summed E-state index contributed by atoms with van der Waals surface area (Å²) < 4.78 is 47.1. The van der Waals surface area contributed by atoms with Crippen molar-refractivity contribution in [1.82, 2.24) is 9.78 Å². The van der Waals surface area contributed by atoms with Crippen molar-refractivity contribution in [2.45, 2.75) is 32.3 Å². The Bertz CT molecular complexity index is 1160. The Kier molecular flexibility index (Phi) is 5.50. The monoisotopic (exact) mass is 429 g/mol. The van der Waals surface area contributed by atoms with Crippen LogP contribution in [0.4, 0.5) is 18.9 Å². The van der Waals surface area contributed by atoms with Crippen LogP contribution in [-0.4, -0.2) is 27.8 Å². The highest BCUT2D eigenvalue weighted by Gasteiger charge is 2.30. The largest absolute Gasteiger partial charge is 0.448 e. The van der Waals surface area contributed by atoms with Gasteiger partial charge < -0.3 is 10.1 Å². The standard InChI is InChI=1S/C22H18F3N3O3/c1-12(21(29)26-18-11-14(24)7-10-17(18)25)31-22(30)20-16-3-2-4-19(16)28(27-20)15-8-5-13(23)6-9-15/h5-12H,2-4H2,1H3,(H,26,29). The van der Waals surface area contributed by atoms with Crippen molar-refractivity contribution in [3.8, 4) is 5.69 Å². The van der Waals surface area contributed by atoms with Crippen LogP contribution in [0.5, 0.6) is 0 Å². The Morgan fingerprint density at radius 2 is 1.77 bits per heavy atom. The molecule has 0 fully saturated rings. The number of esters is 1. The van der Waals surface area contributed by atoms with Crippen LogP contribution in [-0.2, 0) is 22.4 Å². The second kappa shape index (κ2) is 8.25. The Balaban J connectivity index is 1.52. The molecule has 0 bridgehead atoms. The molecular formula is C22H18F3N3O3. The molecule has 1 heterocycles. The smallest absolute Gasteiger partial charge is 0.359 e. The van der Waals surface area contributed by atoms with Gasteiger partial charge in [-0.25, -0.2) is 22.6 Å². The highest BCUT2D eigenvalue weighted by molar-refractivity contribution is 5.97. The van der Waals surface area contributed by atoms with Gasteiger partial charge in [-0.15, -0.1) is 0 Å². The van der Waals surface area contributed by atoms with Gasteiger partial charge in [-0.3, -0.25) is 4.79 Å². The lowest BCUT2D eigenvalue weighted by molar-refractivity contribution is -0.123. The average molecular weight is 429 g/mol. The summed E-state index contributed by atoms with van der Waals surface area (Å²) in [7, 11) is 0. The number of halogens is 3. The van der Waals surface area contributed by atoms with Crippen molar-refractivity contribution in [3.63, 3.8) is 0 Å². The number of hydrogen-bond donors (Lipinski definition) is 1. The first kappa shape index (κ1) is 20.6. The van der Waals surface area contributed by atoms with E-state index >= 15 is 0 Å². The van der Waals surface area contributed by atoms with Crippen LogP contribution in [0.2, 0.25) is 0 Å². The molecule has 3 aromatic rings. The maximum absolute atomic E-state index is 13.7. The molecule has 1 amide bonds. The van der Waals surface area contributed by atoms with Gasteiger partial charge in [-0.1, -0.05) is 0 Å². The van der Waals surface area contributed by atoms with E-state index in [-0.39, 0.29) is 17.2 Å². The summed E-state index contributed by atoms with van der Waals surface area (Å²) in [5, 5.41) is 6.54. The van der Waals surface area contributed by atoms with E-state index in [0.29, 0.717) is 18.5 Å². The van der Waals surface area contributed by atoms with Crippen molar-refractivity contribution in [2.24, 2.45) is 0 Å². The highest BCUT2D eigenvalue weighted by atomic mass is 19.1. The topological polar surface area (TPSA) is 73.2 Å². The van der Waals surface area contributed by atoms with E-state index in [0.717, 1.165) is 35.9 Å². The molecule has 1 N–H and O–H groups in total. The van der Waals surface area contributed by atoms with E-state index in [4.69, 9.17) is 4.74 Å². The Hall–Kier alpha value is -3.62. The zero-order valence-corrected chi connectivity index (χ0v) is 16.5. The number of amides is 1. The maximum atomic E-state index is 13.7. The number of nitrogens with zero attached hydrogens (tertiary/aromatic N) is 2. The van der Waals surface area contributed by atoms with Gasteiger partial charge in [0.05, 0.1) is 11.4 Å². The molecule has 0 aliphatic heterocycles. The van der Waals surface area contributed by atoms with Gasteiger partial charge in [0.25, 0.3) is 5.91 Å². The number of aromatic nitrogens is 2. The van der Waals surface area contributed by atoms with Gasteiger partial charge in [-0.2, -0.15) is 5.10 Å². The molecule has 2 aromatic carbocycles. The van der Waals surface area contributed by atoms with Crippen LogP contribution in [0, 0.1) is 17.5 Å². The first-order valence-electron chi connectivity index (χ1n) is 9.67. The summed E-state index contributed by atoms with van der Waals surface area (Å²) in [5.74, 6) is -3.54. The van der Waals surface area contributed by atoms with E-state index < -0.39 is 29.6 Å².